The van der Waals surface area contributed by atoms with E-state index in [2.05, 4.69) is 11.9 Å². The van der Waals surface area contributed by atoms with Crippen molar-refractivity contribution in [1.82, 2.24) is 5.32 Å². The lowest BCUT2D eigenvalue weighted by Crippen LogP contribution is -2.49. The third kappa shape index (κ3) is 4.96. The van der Waals surface area contributed by atoms with Crippen LogP contribution in [0.4, 0.5) is 0 Å². The first-order valence-electron chi connectivity index (χ1n) is 7.22. The molecule has 0 aromatic carbocycles. The monoisotopic (exact) mass is 283 g/mol. The Hall–Kier alpha value is -1.36. The zero-order chi connectivity index (χ0) is 15.0. The molecule has 1 fully saturated rings. The van der Waals surface area contributed by atoms with Gasteiger partial charge in [0.15, 0.2) is 6.04 Å². The maximum atomic E-state index is 12.4. The molecule has 0 aromatic heterocycles. The molecule has 0 saturated heterocycles. The fraction of sp³-hybridized carbons (Fsp3) is 0.733. The zero-order valence-electron chi connectivity index (χ0n) is 12.2. The predicted molar refractivity (Wildman–Crippen MR) is 76.4 cm³/mol. The van der Waals surface area contributed by atoms with Crippen molar-refractivity contribution in [2.24, 2.45) is 5.41 Å². The van der Waals surface area contributed by atoms with E-state index in [1.54, 1.807) is 6.08 Å². The Morgan fingerprint density at radius 1 is 1.35 bits per heavy atom. The van der Waals surface area contributed by atoms with Crippen molar-refractivity contribution >= 4 is 11.9 Å². The Balaban J connectivity index is 2.59. The van der Waals surface area contributed by atoms with Crippen LogP contribution in [0, 0.1) is 5.41 Å². The summed E-state index contributed by atoms with van der Waals surface area (Å²) in [7, 11) is 0. The van der Waals surface area contributed by atoms with Crippen molar-refractivity contribution in [3.63, 3.8) is 0 Å². The lowest BCUT2D eigenvalue weighted by molar-refractivity contribution is -0.145. The van der Waals surface area contributed by atoms with Crippen LogP contribution >= 0.6 is 0 Å². The molecule has 1 unspecified atom stereocenters. The number of carboxylic acids is 1. The fourth-order valence-corrected chi connectivity index (χ4v) is 2.51. The summed E-state index contributed by atoms with van der Waals surface area (Å²) in [5.41, 5.74) is -0.456. The van der Waals surface area contributed by atoms with Crippen molar-refractivity contribution in [3.8, 4) is 0 Å². The standard InChI is InChI=1S/C15H25NO4/c1-3-10-20-11-12(13(17)18)16-14(19)15(2)8-6-4-5-7-9-15/h3,12H,1,4-11H2,2H3,(H,16,19)(H,17,18). The third-order valence-electron chi connectivity index (χ3n) is 3.88. The van der Waals surface area contributed by atoms with Gasteiger partial charge in [-0.3, -0.25) is 4.79 Å². The highest BCUT2D eigenvalue weighted by atomic mass is 16.5. The van der Waals surface area contributed by atoms with Crippen molar-refractivity contribution < 1.29 is 19.4 Å². The predicted octanol–water partition coefficient (Wildman–Crippen LogP) is 2.12. The van der Waals surface area contributed by atoms with Crippen LogP contribution in [0.1, 0.15) is 45.4 Å². The quantitative estimate of drug-likeness (QED) is 0.426. The van der Waals surface area contributed by atoms with Crippen LogP contribution in [-0.4, -0.2) is 36.2 Å². The summed E-state index contributed by atoms with van der Waals surface area (Å²) in [4.78, 5) is 23.5. The minimum Gasteiger partial charge on any atom is -0.480 e. The molecule has 5 nitrogen and oxygen atoms in total. The highest BCUT2D eigenvalue weighted by molar-refractivity contribution is 5.87. The first-order valence-corrected chi connectivity index (χ1v) is 7.22. The summed E-state index contributed by atoms with van der Waals surface area (Å²) >= 11 is 0. The molecule has 0 heterocycles. The molecule has 20 heavy (non-hydrogen) atoms. The summed E-state index contributed by atoms with van der Waals surface area (Å²) < 4.78 is 5.14. The van der Waals surface area contributed by atoms with Gasteiger partial charge in [0.1, 0.15) is 0 Å². The van der Waals surface area contributed by atoms with E-state index in [0.717, 1.165) is 38.5 Å². The van der Waals surface area contributed by atoms with Gasteiger partial charge in [-0.15, -0.1) is 6.58 Å². The average molecular weight is 283 g/mol. The SMILES string of the molecule is C=CCOCC(NC(=O)C1(C)CCCCCC1)C(=O)O. The van der Waals surface area contributed by atoms with E-state index in [4.69, 9.17) is 9.84 Å². The number of carbonyl (C=O) groups excluding carboxylic acids is 1. The molecular weight excluding hydrogens is 258 g/mol. The Morgan fingerprint density at radius 3 is 2.45 bits per heavy atom. The lowest BCUT2D eigenvalue weighted by atomic mass is 9.81. The van der Waals surface area contributed by atoms with Crippen LogP contribution in [0.3, 0.4) is 0 Å². The number of carbonyl (C=O) groups is 2. The maximum absolute atomic E-state index is 12.4. The Labute approximate surface area is 120 Å². The molecule has 0 aromatic rings. The summed E-state index contributed by atoms with van der Waals surface area (Å²) in [5, 5.41) is 11.8. The van der Waals surface area contributed by atoms with Crippen LogP contribution in [0.15, 0.2) is 12.7 Å². The first-order chi connectivity index (χ1) is 9.49. The van der Waals surface area contributed by atoms with Crippen LogP contribution in [0.5, 0.6) is 0 Å². The molecule has 1 aliphatic carbocycles. The highest BCUT2D eigenvalue weighted by Crippen LogP contribution is 2.34. The largest absolute Gasteiger partial charge is 0.480 e. The zero-order valence-corrected chi connectivity index (χ0v) is 12.2. The lowest BCUT2D eigenvalue weighted by Gasteiger charge is -2.28. The van der Waals surface area contributed by atoms with Gasteiger partial charge in [0.05, 0.1) is 13.2 Å². The summed E-state index contributed by atoms with van der Waals surface area (Å²) in [6.45, 7) is 5.66. The number of amides is 1. The second-order valence-electron chi connectivity index (χ2n) is 5.67. The van der Waals surface area contributed by atoms with Gasteiger partial charge >= 0.3 is 5.97 Å². The second kappa shape index (κ2) is 8.04. The van der Waals surface area contributed by atoms with Crippen LogP contribution in [0.25, 0.3) is 0 Å². The number of rotatable bonds is 7. The van der Waals surface area contributed by atoms with Crippen molar-refractivity contribution in [2.75, 3.05) is 13.2 Å². The summed E-state index contributed by atoms with van der Waals surface area (Å²) in [5.74, 6) is -1.24. The molecule has 0 spiro atoms. The smallest absolute Gasteiger partial charge is 0.328 e. The van der Waals surface area contributed by atoms with Gasteiger partial charge in [-0.2, -0.15) is 0 Å². The van der Waals surface area contributed by atoms with E-state index in [0.29, 0.717) is 0 Å². The van der Waals surface area contributed by atoms with Crippen molar-refractivity contribution in [1.29, 1.82) is 0 Å². The number of ether oxygens (including phenoxy) is 1. The number of nitrogens with one attached hydrogen (secondary N) is 1. The Bertz CT molecular complexity index is 346. The molecule has 1 rings (SSSR count). The topological polar surface area (TPSA) is 75.6 Å². The van der Waals surface area contributed by atoms with Gasteiger partial charge in [0.2, 0.25) is 5.91 Å². The number of hydrogen-bond acceptors (Lipinski definition) is 3. The number of carboxylic acid groups (broad SMARTS) is 1. The summed E-state index contributed by atoms with van der Waals surface area (Å²) in [6, 6.07) is -0.998. The van der Waals surface area contributed by atoms with E-state index in [1.807, 2.05) is 6.92 Å². The Kier molecular flexibility index (Phi) is 6.71. The Morgan fingerprint density at radius 2 is 1.95 bits per heavy atom. The molecule has 2 N–H and O–H groups in total. The van der Waals surface area contributed by atoms with Crippen molar-refractivity contribution in [2.45, 2.75) is 51.5 Å². The average Bonchev–Trinajstić information content (AvgIpc) is 2.63. The molecule has 0 radical (unpaired) electrons. The molecule has 1 aliphatic rings. The van der Waals surface area contributed by atoms with Gasteiger partial charge in [0.25, 0.3) is 0 Å². The van der Waals surface area contributed by atoms with Crippen LogP contribution < -0.4 is 5.32 Å². The number of hydrogen-bond donors (Lipinski definition) is 2. The van der Waals surface area contributed by atoms with Crippen molar-refractivity contribution in [3.05, 3.63) is 12.7 Å². The minimum atomic E-state index is -1.07. The van der Waals surface area contributed by atoms with E-state index in [1.165, 1.54) is 0 Å². The maximum Gasteiger partial charge on any atom is 0.328 e. The van der Waals surface area contributed by atoms with Gasteiger partial charge < -0.3 is 15.2 Å². The molecule has 0 aliphatic heterocycles. The van der Waals surface area contributed by atoms with E-state index in [9.17, 15) is 9.59 Å². The third-order valence-corrected chi connectivity index (χ3v) is 3.88. The molecule has 1 amide bonds. The molecule has 114 valence electrons. The van der Waals surface area contributed by atoms with Gasteiger partial charge in [0, 0.05) is 5.41 Å². The van der Waals surface area contributed by atoms with E-state index >= 15 is 0 Å². The number of aliphatic carboxylic acids is 1. The summed E-state index contributed by atoms with van der Waals surface area (Å²) in [6.07, 6.45) is 7.52. The van der Waals surface area contributed by atoms with Gasteiger partial charge in [-0.1, -0.05) is 38.7 Å². The highest BCUT2D eigenvalue weighted by Gasteiger charge is 2.35. The molecule has 1 atom stereocenters. The first kappa shape index (κ1) is 16.7. The van der Waals surface area contributed by atoms with E-state index in [-0.39, 0.29) is 19.1 Å². The molecule has 5 heteroatoms. The van der Waals surface area contributed by atoms with Gasteiger partial charge in [-0.05, 0) is 12.8 Å². The van der Waals surface area contributed by atoms with Gasteiger partial charge in [-0.25, -0.2) is 4.79 Å². The van der Waals surface area contributed by atoms with E-state index < -0.39 is 17.4 Å². The fourth-order valence-electron chi connectivity index (χ4n) is 2.51. The minimum absolute atomic E-state index is 0.0385. The van der Waals surface area contributed by atoms with Crippen LogP contribution in [0.2, 0.25) is 0 Å². The molecule has 0 bridgehead atoms. The molecular formula is C15H25NO4. The second-order valence-corrected chi connectivity index (χ2v) is 5.67. The molecule has 1 saturated carbocycles. The normalized spacial score (nSPS) is 19.6. The van der Waals surface area contributed by atoms with Crippen LogP contribution in [-0.2, 0) is 14.3 Å².